The minimum Gasteiger partial charge on any atom is -0.473 e. The molecule has 0 atom stereocenters. The first-order valence-electron chi connectivity index (χ1n) is 6.30. The van der Waals surface area contributed by atoms with Crippen molar-refractivity contribution in [2.75, 3.05) is 26.3 Å². The van der Waals surface area contributed by atoms with Crippen LogP contribution < -0.4 is 0 Å². The van der Waals surface area contributed by atoms with E-state index in [2.05, 4.69) is 9.98 Å². The van der Waals surface area contributed by atoms with Gasteiger partial charge in [-0.2, -0.15) is 0 Å². The lowest BCUT2D eigenvalue weighted by Gasteiger charge is -2.07. The van der Waals surface area contributed by atoms with E-state index < -0.39 is 0 Å². The maximum atomic E-state index is 12.3. The van der Waals surface area contributed by atoms with Crippen molar-refractivity contribution in [1.29, 1.82) is 0 Å². The largest absolute Gasteiger partial charge is 0.473 e. The average Bonchev–Trinajstić information content (AvgIpc) is 3.18. The van der Waals surface area contributed by atoms with Crippen LogP contribution in [0.15, 0.2) is 34.3 Å². The summed E-state index contributed by atoms with van der Waals surface area (Å²) in [4.78, 5) is 32.6. The van der Waals surface area contributed by atoms with Gasteiger partial charge in [-0.15, -0.1) is 0 Å². The Morgan fingerprint density at radius 3 is 1.65 bits per heavy atom. The number of hydrogen-bond donors (Lipinski definition) is 0. The lowest BCUT2D eigenvalue weighted by atomic mass is 10.00. The molecule has 0 saturated carbocycles. The van der Waals surface area contributed by atoms with Crippen molar-refractivity contribution in [3.8, 4) is 0 Å². The Balaban J connectivity index is 1.95. The van der Waals surface area contributed by atoms with Crippen LogP contribution in [0.4, 0.5) is 0 Å². The SMILES string of the molecule is O=C(C1=NCCO1)c1ccccc1C(=O)C1=NCCO1. The highest BCUT2D eigenvalue weighted by Gasteiger charge is 2.27. The average molecular weight is 272 g/mol. The first kappa shape index (κ1) is 12.5. The van der Waals surface area contributed by atoms with Gasteiger partial charge in [0.25, 0.3) is 11.8 Å². The van der Waals surface area contributed by atoms with E-state index in [0.717, 1.165) is 0 Å². The molecule has 0 radical (unpaired) electrons. The van der Waals surface area contributed by atoms with Gasteiger partial charge in [0.15, 0.2) is 0 Å². The highest BCUT2D eigenvalue weighted by Crippen LogP contribution is 2.15. The molecule has 0 fully saturated rings. The van der Waals surface area contributed by atoms with Gasteiger partial charge in [0.2, 0.25) is 11.6 Å². The monoisotopic (exact) mass is 272 g/mol. The predicted octanol–water partition coefficient (Wildman–Crippen LogP) is 0.909. The zero-order valence-corrected chi connectivity index (χ0v) is 10.7. The number of aliphatic imine (C=N–C) groups is 2. The van der Waals surface area contributed by atoms with Gasteiger partial charge >= 0.3 is 0 Å². The molecular weight excluding hydrogens is 260 g/mol. The lowest BCUT2D eigenvalue weighted by Crippen LogP contribution is -2.22. The van der Waals surface area contributed by atoms with Crippen molar-refractivity contribution in [1.82, 2.24) is 0 Å². The van der Waals surface area contributed by atoms with Gasteiger partial charge in [0.1, 0.15) is 13.2 Å². The number of ether oxygens (including phenoxy) is 2. The highest BCUT2D eigenvalue weighted by molar-refractivity contribution is 6.49. The molecule has 0 N–H and O–H groups in total. The third-order valence-corrected chi connectivity index (χ3v) is 2.98. The molecule has 2 aliphatic rings. The number of carbonyl (C=O) groups excluding carboxylic acids is 2. The first-order chi connectivity index (χ1) is 9.77. The van der Waals surface area contributed by atoms with Gasteiger partial charge in [0.05, 0.1) is 13.1 Å². The van der Waals surface area contributed by atoms with Crippen LogP contribution in [0, 0.1) is 0 Å². The Morgan fingerprint density at radius 1 is 0.850 bits per heavy atom. The van der Waals surface area contributed by atoms with Crippen LogP contribution in [-0.4, -0.2) is 49.7 Å². The van der Waals surface area contributed by atoms with Crippen molar-refractivity contribution in [2.45, 2.75) is 0 Å². The van der Waals surface area contributed by atoms with E-state index >= 15 is 0 Å². The quantitative estimate of drug-likeness (QED) is 0.763. The van der Waals surface area contributed by atoms with Crippen LogP contribution in [0.1, 0.15) is 20.7 Å². The lowest BCUT2D eigenvalue weighted by molar-refractivity contribution is 0.100. The molecule has 0 bridgehead atoms. The molecule has 6 heteroatoms. The molecule has 0 saturated heterocycles. The topological polar surface area (TPSA) is 77.3 Å². The molecule has 0 unspecified atom stereocenters. The maximum absolute atomic E-state index is 12.3. The van der Waals surface area contributed by atoms with Gasteiger partial charge in [-0.3, -0.25) is 9.59 Å². The smallest absolute Gasteiger partial charge is 0.258 e. The van der Waals surface area contributed by atoms with Crippen LogP contribution in [0.5, 0.6) is 0 Å². The maximum Gasteiger partial charge on any atom is 0.258 e. The number of benzene rings is 1. The number of carbonyl (C=O) groups is 2. The van der Waals surface area contributed by atoms with E-state index in [0.29, 0.717) is 26.3 Å². The van der Waals surface area contributed by atoms with Crippen molar-refractivity contribution in [2.24, 2.45) is 9.98 Å². The molecule has 1 aromatic carbocycles. The van der Waals surface area contributed by atoms with E-state index in [1.54, 1.807) is 24.3 Å². The Bertz CT molecular complexity index is 579. The second-order valence-electron chi connectivity index (χ2n) is 4.27. The van der Waals surface area contributed by atoms with Crippen LogP contribution in [-0.2, 0) is 9.47 Å². The van der Waals surface area contributed by atoms with E-state index in [9.17, 15) is 9.59 Å². The summed E-state index contributed by atoms with van der Waals surface area (Å²) in [6.07, 6.45) is 0. The van der Waals surface area contributed by atoms with Crippen LogP contribution in [0.25, 0.3) is 0 Å². The summed E-state index contributed by atoms with van der Waals surface area (Å²) in [6, 6.07) is 6.54. The standard InChI is InChI=1S/C14H12N2O4/c17-11(13-15-5-7-19-13)9-3-1-2-4-10(9)12(18)14-16-6-8-20-14/h1-4H,5-8H2. The molecule has 2 heterocycles. The van der Waals surface area contributed by atoms with Crippen LogP contribution in [0.2, 0.25) is 0 Å². The summed E-state index contributed by atoms with van der Waals surface area (Å²) < 4.78 is 10.3. The van der Waals surface area contributed by atoms with E-state index in [1.807, 2.05) is 0 Å². The minimum absolute atomic E-state index is 0.0551. The van der Waals surface area contributed by atoms with Crippen molar-refractivity contribution in [3.05, 3.63) is 35.4 Å². The van der Waals surface area contributed by atoms with E-state index in [-0.39, 0.29) is 34.5 Å². The zero-order chi connectivity index (χ0) is 13.9. The van der Waals surface area contributed by atoms with Gasteiger partial charge in [0, 0.05) is 11.1 Å². The van der Waals surface area contributed by atoms with E-state index in [1.165, 1.54) is 0 Å². The first-order valence-corrected chi connectivity index (χ1v) is 6.30. The number of hydrogen-bond acceptors (Lipinski definition) is 6. The number of ketones is 2. The summed E-state index contributed by atoms with van der Waals surface area (Å²) in [7, 11) is 0. The molecule has 6 nitrogen and oxygen atoms in total. The molecule has 3 rings (SSSR count). The van der Waals surface area contributed by atoms with E-state index in [4.69, 9.17) is 9.47 Å². The Morgan fingerprint density at radius 2 is 1.30 bits per heavy atom. The normalized spacial score (nSPS) is 17.0. The highest BCUT2D eigenvalue weighted by atomic mass is 16.5. The Labute approximate surface area is 115 Å². The van der Waals surface area contributed by atoms with Gasteiger partial charge in [-0.05, 0) is 0 Å². The summed E-state index contributed by atoms with van der Waals surface area (Å²) in [6.45, 7) is 1.72. The summed E-state index contributed by atoms with van der Waals surface area (Å²) in [5.74, 6) is -0.658. The molecule has 2 aliphatic heterocycles. The summed E-state index contributed by atoms with van der Waals surface area (Å²) >= 11 is 0. The van der Waals surface area contributed by atoms with Gasteiger partial charge in [-0.1, -0.05) is 24.3 Å². The second-order valence-corrected chi connectivity index (χ2v) is 4.27. The zero-order valence-electron chi connectivity index (χ0n) is 10.7. The van der Waals surface area contributed by atoms with Crippen LogP contribution in [0.3, 0.4) is 0 Å². The molecule has 1 aromatic rings. The molecule has 0 aromatic heterocycles. The third-order valence-electron chi connectivity index (χ3n) is 2.98. The molecular formula is C14H12N2O4. The minimum atomic E-state index is -0.384. The summed E-state index contributed by atoms with van der Waals surface area (Å²) in [5, 5.41) is 0. The summed E-state index contributed by atoms with van der Waals surface area (Å²) in [5.41, 5.74) is 0.521. The van der Waals surface area contributed by atoms with Crippen molar-refractivity contribution < 1.29 is 19.1 Å². The number of rotatable bonds is 4. The molecule has 0 spiro atoms. The van der Waals surface area contributed by atoms with Crippen LogP contribution >= 0.6 is 0 Å². The Kier molecular flexibility index (Phi) is 3.28. The van der Waals surface area contributed by atoms with Gasteiger partial charge < -0.3 is 9.47 Å². The predicted molar refractivity (Wildman–Crippen MR) is 71.6 cm³/mol. The molecule has 0 aliphatic carbocycles. The molecule has 20 heavy (non-hydrogen) atoms. The van der Waals surface area contributed by atoms with Gasteiger partial charge in [-0.25, -0.2) is 9.98 Å². The fourth-order valence-corrected chi connectivity index (χ4v) is 2.05. The third kappa shape index (κ3) is 2.20. The second kappa shape index (κ2) is 5.24. The molecule has 102 valence electrons. The number of nitrogens with zero attached hydrogens (tertiary/aromatic N) is 2. The fraction of sp³-hybridized carbons (Fsp3) is 0.286. The molecule has 0 amide bonds. The number of Topliss-reactive ketones (excluding diaryl/α,β-unsaturated/α-hetero) is 2. The fourth-order valence-electron chi connectivity index (χ4n) is 2.05. The van der Waals surface area contributed by atoms with Crippen molar-refractivity contribution >= 4 is 23.4 Å². The Hall–Kier alpha value is -2.50. The van der Waals surface area contributed by atoms with Crippen molar-refractivity contribution in [3.63, 3.8) is 0 Å².